The van der Waals surface area contributed by atoms with Gasteiger partial charge in [0.1, 0.15) is 5.54 Å². The second-order valence-electron chi connectivity index (χ2n) is 7.76. The number of benzene rings is 4. The van der Waals surface area contributed by atoms with E-state index in [1.54, 1.807) is 0 Å². The van der Waals surface area contributed by atoms with Gasteiger partial charge in [-0.1, -0.05) is 97.1 Å². The van der Waals surface area contributed by atoms with Gasteiger partial charge in [-0.3, -0.25) is 0 Å². The van der Waals surface area contributed by atoms with Crippen LogP contribution in [0, 0.1) is 0 Å². The third-order valence-corrected chi connectivity index (χ3v) is 6.04. The molecule has 146 valence electrons. The predicted molar refractivity (Wildman–Crippen MR) is 126 cm³/mol. The van der Waals surface area contributed by atoms with E-state index in [4.69, 9.17) is 4.99 Å². The number of hydrogen-bond donors (Lipinski definition) is 0. The molecule has 1 aliphatic rings. The Labute approximate surface area is 178 Å². The molecule has 0 aliphatic carbocycles. The highest BCUT2D eigenvalue weighted by Gasteiger charge is 2.48. The summed E-state index contributed by atoms with van der Waals surface area (Å²) in [7, 11) is 2.20. The molecule has 4 aromatic carbocycles. The minimum absolute atomic E-state index is 0.387. The third kappa shape index (κ3) is 3.02. The van der Waals surface area contributed by atoms with Crippen molar-refractivity contribution in [3.8, 4) is 0 Å². The van der Waals surface area contributed by atoms with Crippen molar-refractivity contribution in [1.29, 1.82) is 0 Å². The Morgan fingerprint density at radius 1 is 0.667 bits per heavy atom. The van der Waals surface area contributed by atoms with Crippen molar-refractivity contribution in [2.24, 2.45) is 4.99 Å². The van der Waals surface area contributed by atoms with E-state index in [-0.39, 0.29) is 5.54 Å². The zero-order valence-corrected chi connectivity index (χ0v) is 17.1. The van der Waals surface area contributed by atoms with Crippen molar-refractivity contribution in [2.75, 3.05) is 11.9 Å². The van der Waals surface area contributed by atoms with Crippen LogP contribution in [0.25, 0.3) is 0 Å². The summed E-state index contributed by atoms with van der Waals surface area (Å²) in [5, 5.41) is 0. The number of aliphatic imine (C=N–C) groups is 1. The minimum Gasteiger partial charge on any atom is -0.358 e. The Kier molecular flexibility index (Phi) is 4.68. The highest BCUT2D eigenvalue weighted by molar-refractivity contribution is 6.18. The van der Waals surface area contributed by atoms with E-state index in [9.17, 15) is 0 Å². The number of fused-ring (bicyclic) bond motifs is 1. The monoisotopic (exact) mass is 388 g/mol. The van der Waals surface area contributed by atoms with Gasteiger partial charge in [0, 0.05) is 24.7 Å². The van der Waals surface area contributed by atoms with Gasteiger partial charge < -0.3 is 4.90 Å². The topological polar surface area (TPSA) is 15.6 Å². The lowest BCUT2D eigenvalue weighted by Gasteiger charge is -2.39. The van der Waals surface area contributed by atoms with Crippen LogP contribution in [0.4, 0.5) is 11.4 Å². The number of likely N-dealkylation sites (N-methyl/N-ethyl adjacent to an activating group) is 1. The molecule has 30 heavy (non-hydrogen) atoms. The number of nitrogens with zero attached hydrogens (tertiary/aromatic N) is 2. The van der Waals surface area contributed by atoms with E-state index in [0.717, 1.165) is 17.8 Å². The van der Waals surface area contributed by atoms with E-state index in [1.807, 2.05) is 18.2 Å². The summed E-state index contributed by atoms with van der Waals surface area (Å²) in [5.41, 5.74) is 6.65. The second kappa shape index (κ2) is 7.64. The summed E-state index contributed by atoms with van der Waals surface area (Å²) in [4.78, 5) is 7.66. The first kappa shape index (κ1) is 18.4. The van der Waals surface area contributed by atoms with Crippen LogP contribution in [0.5, 0.6) is 0 Å². The van der Waals surface area contributed by atoms with Crippen LogP contribution in [-0.2, 0) is 12.0 Å². The molecule has 0 radical (unpaired) electrons. The summed E-state index contributed by atoms with van der Waals surface area (Å²) < 4.78 is 0. The zero-order chi connectivity index (χ0) is 20.4. The lowest BCUT2D eigenvalue weighted by Crippen LogP contribution is -2.48. The van der Waals surface area contributed by atoms with E-state index >= 15 is 0 Å². The standard InChI is InChI=1S/C28H24N2/c1-30-26-20-12-11-19-25(26)27(29-24-17-9-4-10-18-24)28(30,23-15-7-3-8-16-23)21-22-13-5-2-6-14-22/h2-20H,21H2,1H3/b29-27-. The lowest BCUT2D eigenvalue weighted by atomic mass is 9.79. The molecule has 0 saturated carbocycles. The maximum atomic E-state index is 5.25. The minimum atomic E-state index is -0.387. The number of anilines is 1. The van der Waals surface area contributed by atoms with Gasteiger partial charge in [0.2, 0.25) is 0 Å². The van der Waals surface area contributed by atoms with Gasteiger partial charge in [0.15, 0.2) is 0 Å². The summed E-state index contributed by atoms with van der Waals surface area (Å²) >= 11 is 0. The van der Waals surface area contributed by atoms with Crippen LogP contribution in [0.15, 0.2) is 120 Å². The second-order valence-corrected chi connectivity index (χ2v) is 7.76. The highest BCUT2D eigenvalue weighted by atomic mass is 15.2. The van der Waals surface area contributed by atoms with E-state index in [1.165, 1.54) is 22.4 Å². The fraction of sp³-hybridized carbons (Fsp3) is 0.107. The Bertz CT molecular complexity index is 1170. The number of para-hydroxylation sites is 2. The first-order valence-corrected chi connectivity index (χ1v) is 10.4. The Morgan fingerprint density at radius 2 is 1.23 bits per heavy atom. The van der Waals surface area contributed by atoms with Crippen LogP contribution in [-0.4, -0.2) is 12.8 Å². The first-order chi connectivity index (χ1) is 14.8. The van der Waals surface area contributed by atoms with Crippen LogP contribution in [0.1, 0.15) is 16.7 Å². The average Bonchev–Trinajstić information content (AvgIpc) is 3.05. The molecule has 0 fully saturated rings. The van der Waals surface area contributed by atoms with Crippen molar-refractivity contribution in [2.45, 2.75) is 12.0 Å². The normalized spacial score (nSPS) is 19.1. The first-order valence-electron chi connectivity index (χ1n) is 10.4. The smallest absolute Gasteiger partial charge is 0.112 e. The average molecular weight is 389 g/mol. The molecule has 5 rings (SSSR count). The number of rotatable bonds is 4. The molecule has 0 bridgehead atoms. The summed E-state index contributed by atoms with van der Waals surface area (Å²) in [6.45, 7) is 0. The highest BCUT2D eigenvalue weighted by Crippen LogP contribution is 2.47. The molecule has 0 spiro atoms. The van der Waals surface area contributed by atoms with E-state index < -0.39 is 0 Å². The molecule has 0 aromatic heterocycles. The van der Waals surface area contributed by atoms with Gasteiger partial charge in [0.25, 0.3) is 0 Å². The van der Waals surface area contributed by atoms with Gasteiger partial charge in [-0.25, -0.2) is 4.99 Å². The maximum absolute atomic E-state index is 5.25. The maximum Gasteiger partial charge on any atom is 0.112 e. The summed E-state index contributed by atoms with van der Waals surface area (Å²) in [6.07, 6.45) is 0.842. The van der Waals surface area contributed by atoms with Crippen molar-refractivity contribution < 1.29 is 0 Å². The van der Waals surface area contributed by atoms with E-state index in [2.05, 4.69) is 109 Å². The van der Waals surface area contributed by atoms with Crippen molar-refractivity contribution >= 4 is 17.1 Å². The summed E-state index contributed by atoms with van der Waals surface area (Å²) in [6, 6.07) is 40.4. The lowest BCUT2D eigenvalue weighted by molar-refractivity contribution is 0.573. The predicted octanol–water partition coefficient (Wildman–Crippen LogP) is 6.40. The fourth-order valence-corrected chi connectivity index (χ4v) is 4.58. The molecular weight excluding hydrogens is 364 g/mol. The molecule has 2 heteroatoms. The van der Waals surface area contributed by atoms with Gasteiger partial charge in [-0.15, -0.1) is 0 Å². The van der Waals surface area contributed by atoms with Gasteiger partial charge >= 0.3 is 0 Å². The third-order valence-electron chi connectivity index (χ3n) is 6.04. The van der Waals surface area contributed by atoms with Crippen molar-refractivity contribution in [3.05, 3.63) is 132 Å². The van der Waals surface area contributed by atoms with E-state index in [0.29, 0.717) is 0 Å². The van der Waals surface area contributed by atoms with Gasteiger partial charge in [0.05, 0.1) is 11.4 Å². The Balaban J connectivity index is 1.80. The SMILES string of the molecule is CN1c2ccccc2/C(=N/c2ccccc2)C1(Cc1ccccc1)c1ccccc1. The van der Waals surface area contributed by atoms with Crippen LogP contribution < -0.4 is 4.90 Å². The molecule has 1 atom stereocenters. The van der Waals surface area contributed by atoms with Gasteiger partial charge in [-0.05, 0) is 29.3 Å². The van der Waals surface area contributed by atoms with Crippen LogP contribution in [0.3, 0.4) is 0 Å². The fourth-order valence-electron chi connectivity index (χ4n) is 4.58. The summed E-state index contributed by atoms with van der Waals surface area (Å²) in [5.74, 6) is 0. The Morgan fingerprint density at radius 3 is 1.93 bits per heavy atom. The molecule has 2 nitrogen and oxygen atoms in total. The molecule has 1 aliphatic heterocycles. The molecule has 4 aromatic rings. The molecule has 0 saturated heterocycles. The largest absolute Gasteiger partial charge is 0.358 e. The molecule has 0 amide bonds. The van der Waals surface area contributed by atoms with Crippen LogP contribution >= 0.6 is 0 Å². The quantitative estimate of drug-likeness (QED) is 0.395. The zero-order valence-electron chi connectivity index (χ0n) is 17.1. The van der Waals surface area contributed by atoms with Crippen LogP contribution in [0.2, 0.25) is 0 Å². The van der Waals surface area contributed by atoms with Crippen molar-refractivity contribution in [3.63, 3.8) is 0 Å². The Hall–Kier alpha value is -3.65. The molecule has 1 heterocycles. The molecular formula is C28H24N2. The van der Waals surface area contributed by atoms with Gasteiger partial charge in [-0.2, -0.15) is 0 Å². The van der Waals surface area contributed by atoms with Crippen molar-refractivity contribution in [1.82, 2.24) is 0 Å². The number of hydrogen-bond acceptors (Lipinski definition) is 2. The molecule has 0 N–H and O–H groups in total. The molecule has 1 unspecified atom stereocenters.